The summed E-state index contributed by atoms with van der Waals surface area (Å²) in [4.78, 5) is 35.8. The van der Waals surface area contributed by atoms with Gasteiger partial charge in [0.2, 0.25) is 11.8 Å². The van der Waals surface area contributed by atoms with Crippen LogP contribution < -0.4 is 16.0 Å². The molecule has 7 nitrogen and oxygen atoms in total. The minimum Gasteiger partial charge on any atom is -0.481 e. The normalized spacial score (nSPS) is 16.0. The van der Waals surface area contributed by atoms with E-state index in [-0.39, 0.29) is 36.6 Å². The molecule has 2 unspecified atom stereocenters. The predicted octanol–water partition coefficient (Wildman–Crippen LogP) is 2.63. The van der Waals surface area contributed by atoms with Gasteiger partial charge in [0.25, 0.3) is 0 Å². The van der Waals surface area contributed by atoms with Crippen LogP contribution in [-0.2, 0) is 27.3 Å². The maximum absolute atomic E-state index is 12.8. The Hall–Kier alpha value is -2.90. The number of carbonyl (C=O) groups is 3. The predicted molar refractivity (Wildman–Crippen MR) is 122 cm³/mol. The van der Waals surface area contributed by atoms with Crippen molar-refractivity contribution in [3.05, 3.63) is 70.2 Å². The molecule has 0 saturated heterocycles. The maximum atomic E-state index is 12.8. The molecule has 4 N–H and O–H groups in total. The van der Waals surface area contributed by atoms with Gasteiger partial charge >= 0.3 is 5.97 Å². The van der Waals surface area contributed by atoms with E-state index in [4.69, 9.17) is 16.7 Å². The van der Waals surface area contributed by atoms with Crippen LogP contribution in [0.25, 0.3) is 0 Å². The van der Waals surface area contributed by atoms with Crippen molar-refractivity contribution in [2.45, 2.75) is 44.2 Å². The largest absolute Gasteiger partial charge is 0.481 e. The Labute approximate surface area is 192 Å². The molecule has 0 saturated carbocycles. The van der Waals surface area contributed by atoms with E-state index in [1.54, 1.807) is 12.1 Å². The molecule has 1 aliphatic heterocycles. The van der Waals surface area contributed by atoms with E-state index < -0.39 is 5.97 Å². The van der Waals surface area contributed by atoms with Crippen LogP contribution in [0.3, 0.4) is 0 Å². The Morgan fingerprint density at radius 2 is 1.78 bits per heavy atom. The third-order valence-corrected chi connectivity index (χ3v) is 5.84. The number of carboxylic acid groups (broad SMARTS) is 1. The average Bonchev–Trinajstić information content (AvgIpc) is 2.79. The summed E-state index contributed by atoms with van der Waals surface area (Å²) in [7, 11) is 0. The Morgan fingerprint density at radius 3 is 2.50 bits per heavy atom. The number of hydrogen-bond donors (Lipinski definition) is 4. The van der Waals surface area contributed by atoms with Gasteiger partial charge in [0.05, 0.1) is 6.04 Å². The highest BCUT2D eigenvalue weighted by Crippen LogP contribution is 2.22. The Balaban J connectivity index is 1.57. The summed E-state index contributed by atoms with van der Waals surface area (Å²) in [5, 5.41) is 18.3. The van der Waals surface area contributed by atoms with Crippen molar-refractivity contribution >= 4 is 29.4 Å². The zero-order valence-electron chi connectivity index (χ0n) is 17.8. The van der Waals surface area contributed by atoms with Gasteiger partial charge in [-0.15, -0.1) is 0 Å². The third kappa shape index (κ3) is 7.07. The number of amides is 2. The standard InChI is InChI=1S/C24H28ClN3O4/c25-20-9-7-16(8-10-20)19(13-22(29)26-11-3-6-23(30)31)15-28-24(32)21-12-17-4-1-2-5-18(17)14-27-21/h1-2,4-5,7-10,19,21,27H,3,6,11-15H2,(H,26,29)(H,28,32)(H,30,31). The lowest BCUT2D eigenvalue weighted by Crippen LogP contribution is -2.48. The van der Waals surface area contributed by atoms with Crippen molar-refractivity contribution in [3.63, 3.8) is 0 Å². The lowest BCUT2D eigenvalue weighted by Gasteiger charge is -2.26. The second kappa shape index (κ2) is 11.6. The quantitative estimate of drug-likeness (QED) is 0.410. The van der Waals surface area contributed by atoms with Crippen LogP contribution in [-0.4, -0.2) is 42.0 Å². The maximum Gasteiger partial charge on any atom is 0.303 e. The summed E-state index contributed by atoms with van der Waals surface area (Å²) in [5.41, 5.74) is 3.27. The van der Waals surface area contributed by atoms with E-state index in [1.807, 2.05) is 30.3 Å². The highest BCUT2D eigenvalue weighted by atomic mass is 35.5. The Kier molecular flexibility index (Phi) is 8.64. The lowest BCUT2D eigenvalue weighted by atomic mass is 9.93. The first-order valence-corrected chi connectivity index (χ1v) is 11.1. The van der Waals surface area contributed by atoms with Gasteiger partial charge in [-0.25, -0.2) is 0 Å². The first-order chi connectivity index (χ1) is 15.4. The molecule has 0 bridgehead atoms. The molecule has 0 aliphatic carbocycles. The molecule has 1 aliphatic rings. The van der Waals surface area contributed by atoms with Gasteiger partial charge in [0, 0.05) is 43.4 Å². The van der Waals surface area contributed by atoms with Crippen LogP contribution >= 0.6 is 11.6 Å². The second-order valence-corrected chi connectivity index (χ2v) is 8.39. The van der Waals surface area contributed by atoms with Crippen LogP contribution in [0.5, 0.6) is 0 Å². The lowest BCUT2D eigenvalue weighted by molar-refractivity contribution is -0.137. The first kappa shape index (κ1) is 23.8. The molecular weight excluding hydrogens is 430 g/mol. The van der Waals surface area contributed by atoms with Crippen molar-refractivity contribution < 1.29 is 19.5 Å². The number of fused-ring (bicyclic) bond motifs is 1. The molecule has 2 atom stereocenters. The molecule has 32 heavy (non-hydrogen) atoms. The van der Waals surface area contributed by atoms with Crippen LogP contribution in [0.1, 0.15) is 41.9 Å². The fraction of sp³-hybridized carbons (Fsp3) is 0.375. The number of benzene rings is 2. The van der Waals surface area contributed by atoms with Crippen LogP contribution in [0.2, 0.25) is 5.02 Å². The molecule has 1 heterocycles. The molecule has 8 heteroatoms. The summed E-state index contributed by atoms with van der Waals surface area (Å²) in [6, 6.07) is 15.0. The minimum absolute atomic E-state index is 0.00840. The number of aliphatic carboxylic acids is 1. The molecule has 2 amide bonds. The number of carbonyl (C=O) groups excluding carboxylic acids is 2. The van der Waals surface area contributed by atoms with Crippen molar-refractivity contribution in [2.24, 2.45) is 0 Å². The fourth-order valence-corrected chi connectivity index (χ4v) is 3.92. The zero-order valence-corrected chi connectivity index (χ0v) is 18.5. The van der Waals surface area contributed by atoms with Crippen LogP contribution in [0.4, 0.5) is 0 Å². The fourth-order valence-electron chi connectivity index (χ4n) is 3.79. The molecule has 0 fully saturated rings. The molecule has 0 radical (unpaired) electrons. The van der Waals surface area contributed by atoms with E-state index in [2.05, 4.69) is 22.0 Å². The van der Waals surface area contributed by atoms with Crippen molar-refractivity contribution in [1.82, 2.24) is 16.0 Å². The highest BCUT2D eigenvalue weighted by molar-refractivity contribution is 6.30. The SMILES string of the molecule is O=C(O)CCCNC(=O)CC(CNC(=O)C1Cc2ccccc2CN1)c1ccc(Cl)cc1. The van der Waals surface area contributed by atoms with Crippen molar-refractivity contribution in [1.29, 1.82) is 0 Å². The van der Waals surface area contributed by atoms with Crippen LogP contribution in [0, 0.1) is 0 Å². The van der Waals surface area contributed by atoms with Gasteiger partial charge in [-0.2, -0.15) is 0 Å². The molecule has 3 rings (SSSR count). The smallest absolute Gasteiger partial charge is 0.303 e. The van der Waals surface area contributed by atoms with Gasteiger partial charge in [-0.05, 0) is 41.7 Å². The summed E-state index contributed by atoms with van der Waals surface area (Å²) < 4.78 is 0. The monoisotopic (exact) mass is 457 g/mol. The highest BCUT2D eigenvalue weighted by Gasteiger charge is 2.25. The summed E-state index contributed by atoms with van der Waals surface area (Å²) >= 11 is 6.00. The second-order valence-electron chi connectivity index (χ2n) is 7.95. The topological polar surface area (TPSA) is 108 Å². The van der Waals surface area contributed by atoms with E-state index >= 15 is 0 Å². The van der Waals surface area contributed by atoms with Gasteiger partial charge < -0.3 is 21.1 Å². The number of halogens is 1. The zero-order chi connectivity index (χ0) is 22.9. The first-order valence-electron chi connectivity index (χ1n) is 10.7. The molecule has 2 aromatic carbocycles. The van der Waals surface area contributed by atoms with Gasteiger partial charge in [-0.1, -0.05) is 48.0 Å². The summed E-state index contributed by atoms with van der Waals surface area (Å²) in [6.45, 7) is 1.26. The molecule has 0 spiro atoms. The van der Waals surface area contributed by atoms with Gasteiger partial charge in [-0.3, -0.25) is 14.4 Å². The van der Waals surface area contributed by atoms with Crippen LogP contribution in [0.15, 0.2) is 48.5 Å². The summed E-state index contributed by atoms with van der Waals surface area (Å²) in [5.74, 6) is -1.40. The Morgan fingerprint density at radius 1 is 1.06 bits per heavy atom. The van der Waals surface area contributed by atoms with Crippen molar-refractivity contribution in [3.8, 4) is 0 Å². The molecule has 2 aromatic rings. The third-order valence-electron chi connectivity index (χ3n) is 5.58. The van der Waals surface area contributed by atoms with E-state index in [0.717, 1.165) is 5.56 Å². The molecular formula is C24H28ClN3O4. The number of nitrogens with one attached hydrogen (secondary N) is 3. The number of carboxylic acids is 1. The number of hydrogen-bond acceptors (Lipinski definition) is 4. The summed E-state index contributed by atoms with van der Waals surface area (Å²) in [6.07, 6.45) is 1.18. The van der Waals surface area contributed by atoms with Crippen molar-refractivity contribution in [2.75, 3.05) is 13.1 Å². The number of rotatable bonds is 10. The van der Waals surface area contributed by atoms with E-state index in [0.29, 0.717) is 37.5 Å². The average molecular weight is 458 g/mol. The molecule has 170 valence electrons. The van der Waals surface area contributed by atoms with Gasteiger partial charge in [0.15, 0.2) is 0 Å². The van der Waals surface area contributed by atoms with Gasteiger partial charge in [0.1, 0.15) is 0 Å². The van der Waals surface area contributed by atoms with E-state index in [1.165, 1.54) is 11.1 Å². The minimum atomic E-state index is -0.889. The molecule has 0 aromatic heterocycles. The Bertz CT molecular complexity index is 949. The van der Waals surface area contributed by atoms with E-state index in [9.17, 15) is 14.4 Å².